The van der Waals surface area contributed by atoms with Gasteiger partial charge in [-0.15, -0.1) is 0 Å². The van der Waals surface area contributed by atoms with Crippen molar-refractivity contribution in [1.29, 1.82) is 0 Å². The van der Waals surface area contributed by atoms with Crippen molar-refractivity contribution >= 4 is 29.1 Å². The number of carbonyl (C=O) groups excluding carboxylic acids is 3. The molecule has 1 heterocycles. The summed E-state index contributed by atoms with van der Waals surface area (Å²) in [6.45, 7) is 2.23. The SMILES string of the molecule is CC(=O)N1c2ccc(C(=O)NCc3cccc(CN)c3)cc2NC(=O)C1Cc1ccccc1. The lowest BCUT2D eigenvalue weighted by atomic mass is 9.99. The van der Waals surface area contributed by atoms with Gasteiger partial charge in [-0.05, 0) is 34.9 Å². The molecule has 168 valence electrons. The molecule has 3 aromatic rings. The van der Waals surface area contributed by atoms with Gasteiger partial charge in [0.15, 0.2) is 0 Å². The molecule has 7 heteroatoms. The fourth-order valence-corrected chi connectivity index (χ4v) is 4.05. The summed E-state index contributed by atoms with van der Waals surface area (Å²) in [5.41, 5.74) is 10.00. The van der Waals surface area contributed by atoms with Crippen molar-refractivity contribution < 1.29 is 14.4 Å². The van der Waals surface area contributed by atoms with Crippen LogP contribution in [0.2, 0.25) is 0 Å². The van der Waals surface area contributed by atoms with E-state index >= 15 is 0 Å². The van der Waals surface area contributed by atoms with E-state index in [-0.39, 0.29) is 17.7 Å². The zero-order valence-corrected chi connectivity index (χ0v) is 18.4. The first-order valence-electron chi connectivity index (χ1n) is 10.8. The number of hydrogen-bond acceptors (Lipinski definition) is 4. The van der Waals surface area contributed by atoms with Crippen molar-refractivity contribution in [3.63, 3.8) is 0 Å². The minimum atomic E-state index is -0.660. The largest absolute Gasteiger partial charge is 0.348 e. The summed E-state index contributed by atoms with van der Waals surface area (Å²) < 4.78 is 0. The number of carbonyl (C=O) groups is 3. The number of amides is 3. The molecule has 1 aliphatic rings. The maximum Gasteiger partial charge on any atom is 0.251 e. The molecule has 0 saturated heterocycles. The van der Waals surface area contributed by atoms with Gasteiger partial charge in [0.1, 0.15) is 6.04 Å². The van der Waals surface area contributed by atoms with Crippen LogP contribution < -0.4 is 21.3 Å². The van der Waals surface area contributed by atoms with E-state index in [9.17, 15) is 14.4 Å². The molecular weight excluding hydrogens is 416 g/mol. The monoisotopic (exact) mass is 442 g/mol. The topological polar surface area (TPSA) is 105 Å². The van der Waals surface area contributed by atoms with Crippen molar-refractivity contribution in [3.05, 3.63) is 95.1 Å². The van der Waals surface area contributed by atoms with E-state index in [0.717, 1.165) is 16.7 Å². The molecule has 0 fully saturated rings. The molecule has 3 aromatic carbocycles. The van der Waals surface area contributed by atoms with Crippen LogP contribution in [0.1, 0.15) is 34.0 Å². The van der Waals surface area contributed by atoms with Crippen LogP contribution in [0, 0.1) is 0 Å². The van der Waals surface area contributed by atoms with Gasteiger partial charge in [-0.25, -0.2) is 0 Å². The second-order valence-corrected chi connectivity index (χ2v) is 8.02. The highest BCUT2D eigenvalue weighted by Crippen LogP contribution is 2.34. The number of hydrogen-bond donors (Lipinski definition) is 3. The summed E-state index contributed by atoms with van der Waals surface area (Å²) >= 11 is 0. The quantitative estimate of drug-likeness (QED) is 0.546. The molecule has 0 spiro atoms. The first-order valence-corrected chi connectivity index (χ1v) is 10.8. The molecule has 0 radical (unpaired) electrons. The van der Waals surface area contributed by atoms with Crippen molar-refractivity contribution in [3.8, 4) is 0 Å². The molecule has 1 aliphatic heterocycles. The lowest BCUT2D eigenvalue weighted by Gasteiger charge is -2.36. The van der Waals surface area contributed by atoms with Crippen LogP contribution in [0.3, 0.4) is 0 Å². The van der Waals surface area contributed by atoms with Gasteiger partial charge in [0.05, 0.1) is 11.4 Å². The van der Waals surface area contributed by atoms with Crippen molar-refractivity contribution in [2.24, 2.45) is 5.73 Å². The second kappa shape index (κ2) is 9.67. The molecule has 0 bridgehead atoms. The molecule has 0 aromatic heterocycles. The Balaban J connectivity index is 1.53. The normalized spacial score (nSPS) is 14.9. The van der Waals surface area contributed by atoms with E-state index in [0.29, 0.717) is 36.4 Å². The van der Waals surface area contributed by atoms with Crippen LogP contribution in [-0.4, -0.2) is 23.8 Å². The number of fused-ring (bicyclic) bond motifs is 1. The minimum Gasteiger partial charge on any atom is -0.348 e. The highest BCUT2D eigenvalue weighted by molar-refractivity contribution is 6.12. The lowest BCUT2D eigenvalue weighted by Crippen LogP contribution is -2.51. The molecule has 4 rings (SSSR count). The number of nitrogens with one attached hydrogen (secondary N) is 2. The minimum absolute atomic E-state index is 0.232. The van der Waals surface area contributed by atoms with Crippen molar-refractivity contribution in [2.75, 3.05) is 10.2 Å². The van der Waals surface area contributed by atoms with Crippen LogP contribution in [0.5, 0.6) is 0 Å². The van der Waals surface area contributed by atoms with Crippen molar-refractivity contribution in [2.45, 2.75) is 32.5 Å². The van der Waals surface area contributed by atoms with Gasteiger partial charge in [0.25, 0.3) is 5.91 Å². The number of anilines is 2. The second-order valence-electron chi connectivity index (χ2n) is 8.02. The average molecular weight is 443 g/mol. The summed E-state index contributed by atoms with van der Waals surface area (Å²) in [4.78, 5) is 39.6. The predicted octanol–water partition coefficient (Wildman–Crippen LogP) is 2.99. The van der Waals surface area contributed by atoms with Gasteiger partial charge < -0.3 is 16.4 Å². The van der Waals surface area contributed by atoms with Gasteiger partial charge >= 0.3 is 0 Å². The van der Waals surface area contributed by atoms with Crippen LogP contribution in [0.15, 0.2) is 72.8 Å². The molecular formula is C26H26N4O3. The molecule has 1 atom stereocenters. The van der Waals surface area contributed by atoms with E-state index in [1.807, 2.05) is 54.6 Å². The lowest BCUT2D eigenvalue weighted by molar-refractivity contribution is -0.122. The van der Waals surface area contributed by atoms with E-state index in [4.69, 9.17) is 5.73 Å². The molecule has 3 amide bonds. The molecule has 1 unspecified atom stereocenters. The van der Waals surface area contributed by atoms with Crippen LogP contribution in [0.4, 0.5) is 11.4 Å². The summed E-state index contributed by atoms with van der Waals surface area (Å²) in [6, 6.07) is 21.6. The first-order chi connectivity index (χ1) is 16.0. The highest BCUT2D eigenvalue weighted by Gasteiger charge is 2.35. The molecule has 0 saturated carbocycles. The molecule has 0 aliphatic carbocycles. The Hall–Kier alpha value is -3.97. The van der Waals surface area contributed by atoms with E-state index < -0.39 is 6.04 Å². The highest BCUT2D eigenvalue weighted by atomic mass is 16.2. The fraction of sp³-hybridized carbons (Fsp3) is 0.192. The van der Waals surface area contributed by atoms with Gasteiger partial charge in [0.2, 0.25) is 11.8 Å². The maximum absolute atomic E-state index is 12.9. The van der Waals surface area contributed by atoms with Crippen LogP contribution in [-0.2, 0) is 29.1 Å². The smallest absolute Gasteiger partial charge is 0.251 e. The first kappa shape index (κ1) is 22.2. The Morgan fingerprint density at radius 3 is 2.42 bits per heavy atom. The zero-order valence-electron chi connectivity index (χ0n) is 18.4. The predicted molar refractivity (Wildman–Crippen MR) is 128 cm³/mol. The van der Waals surface area contributed by atoms with Gasteiger partial charge in [-0.3, -0.25) is 19.3 Å². The molecule has 7 nitrogen and oxygen atoms in total. The summed E-state index contributed by atoms with van der Waals surface area (Å²) in [6.07, 6.45) is 0.399. The van der Waals surface area contributed by atoms with Crippen LogP contribution >= 0.6 is 0 Å². The van der Waals surface area contributed by atoms with E-state index in [1.165, 1.54) is 11.8 Å². The Morgan fingerprint density at radius 1 is 0.970 bits per heavy atom. The van der Waals surface area contributed by atoms with E-state index in [2.05, 4.69) is 10.6 Å². The third-order valence-corrected chi connectivity index (χ3v) is 5.68. The third-order valence-electron chi connectivity index (χ3n) is 5.68. The van der Waals surface area contributed by atoms with E-state index in [1.54, 1.807) is 18.2 Å². The number of nitrogens with two attached hydrogens (primary N) is 1. The Bertz CT molecular complexity index is 1190. The Morgan fingerprint density at radius 2 is 1.70 bits per heavy atom. The Labute approximate surface area is 192 Å². The summed E-state index contributed by atoms with van der Waals surface area (Å²) in [5, 5.41) is 5.76. The van der Waals surface area contributed by atoms with Crippen LogP contribution in [0.25, 0.3) is 0 Å². The standard InChI is InChI=1S/C26H26N4O3/c1-17(31)30-23-11-10-21(25(32)28-16-20-9-5-8-19(12-20)15-27)14-22(23)29-26(33)24(30)13-18-6-3-2-4-7-18/h2-12,14,24H,13,15-16,27H2,1H3,(H,28,32)(H,29,33). The van der Waals surface area contributed by atoms with Gasteiger partial charge in [-0.2, -0.15) is 0 Å². The molecule has 4 N–H and O–H groups in total. The zero-order chi connectivity index (χ0) is 23.4. The van der Waals surface area contributed by atoms with Crippen molar-refractivity contribution in [1.82, 2.24) is 5.32 Å². The summed E-state index contributed by atoms with van der Waals surface area (Å²) in [5.74, 6) is -0.785. The van der Waals surface area contributed by atoms with Gasteiger partial charge in [-0.1, -0.05) is 54.6 Å². The average Bonchev–Trinajstić information content (AvgIpc) is 2.83. The Kier molecular flexibility index (Phi) is 6.51. The molecule has 33 heavy (non-hydrogen) atoms. The summed E-state index contributed by atoms with van der Waals surface area (Å²) in [7, 11) is 0. The number of rotatable bonds is 6. The number of nitrogens with zero attached hydrogens (tertiary/aromatic N) is 1. The van der Waals surface area contributed by atoms with Gasteiger partial charge in [0, 0.05) is 32.0 Å². The maximum atomic E-state index is 12.9. The third kappa shape index (κ3) is 4.94. The fourth-order valence-electron chi connectivity index (χ4n) is 4.05. The number of benzene rings is 3.